The lowest BCUT2D eigenvalue weighted by Crippen LogP contribution is -2.29. The zero-order chi connectivity index (χ0) is 16.6. The normalized spacial score (nSPS) is 23.2. The van der Waals surface area contributed by atoms with Crippen LogP contribution >= 0.6 is 0 Å². The van der Waals surface area contributed by atoms with Crippen LogP contribution in [0.2, 0.25) is 0 Å². The molecule has 1 heterocycles. The molecule has 0 radical (unpaired) electrons. The number of carbonyl (C=O) groups excluding carboxylic acids is 1. The van der Waals surface area contributed by atoms with Crippen molar-refractivity contribution < 1.29 is 19.0 Å². The Morgan fingerprint density at radius 2 is 1.58 bits per heavy atom. The highest BCUT2D eigenvalue weighted by Crippen LogP contribution is 2.24. The van der Waals surface area contributed by atoms with E-state index >= 15 is 0 Å². The maximum atomic E-state index is 11.0. The summed E-state index contributed by atoms with van der Waals surface area (Å²) in [5, 5.41) is 0. The van der Waals surface area contributed by atoms with E-state index in [1.165, 1.54) is 0 Å². The molecule has 0 saturated carbocycles. The molecule has 24 heavy (non-hydrogen) atoms. The molecule has 2 aromatic rings. The van der Waals surface area contributed by atoms with Crippen molar-refractivity contribution in [2.45, 2.75) is 37.9 Å². The van der Waals surface area contributed by atoms with Crippen LogP contribution in [0.4, 0.5) is 0 Å². The van der Waals surface area contributed by atoms with E-state index in [9.17, 15) is 4.79 Å². The number of hydrogen-bond acceptors (Lipinski definition) is 4. The van der Waals surface area contributed by atoms with E-state index in [1.807, 2.05) is 60.7 Å². The Bertz CT molecular complexity index is 614. The van der Waals surface area contributed by atoms with E-state index < -0.39 is 6.10 Å². The van der Waals surface area contributed by atoms with Crippen molar-refractivity contribution in [2.24, 2.45) is 0 Å². The number of hydrogen-bond donors (Lipinski definition) is 0. The van der Waals surface area contributed by atoms with Gasteiger partial charge in [-0.25, -0.2) is 0 Å². The molecule has 2 aromatic carbocycles. The predicted molar refractivity (Wildman–Crippen MR) is 90.5 cm³/mol. The maximum absolute atomic E-state index is 11.0. The van der Waals surface area contributed by atoms with Gasteiger partial charge in [-0.2, -0.15) is 0 Å². The molecule has 1 unspecified atom stereocenters. The summed E-state index contributed by atoms with van der Waals surface area (Å²) in [7, 11) is 0. The zero-order valence-electron chi connectivity index (χ0n) is 13.5. The van der Waals surface area contributed by atoms with E-state index in [1.54, 1.807) is 0 Å². The minimum atomic E-state index is -0.406. The van der Waals surface area contributed by atoms with Gasteiger partial charge in [-0.05, 0) is 11.1 Å². The molecule has 1 aliphatic heterocycles. The first-order chi connectivity index (χ1) is 11.8. The number of rotatable bonds is 8. The standard InChI is InChI=1S/C20H22O4/c21-12-18-11-19(23-14-17-9-5-2-6-10-17)20(24-18)15-22-13-16-7-3-1-4-8-16/h1-10,12,18-20H,11,13-15H2/t18?,19-,20+/m0/s1. The highest BCUT2D eigenvalue weighted by Gasteiger charge is 2.36. The van der Waals surface area contributed by atoms with Gasteiger partial charge in [0.15, 0.2) is 0 Å². The third-order valence-corrected chi connectivity index (χ3v) is 4.08. The molecule has 1 aliphatic rings. The van der Waals surface area contributed by atoms with Gasteiger partial charge in [0.2, 0.25) is 0 Å². The van der Waals surface area contributed by atoms with Gasteiger partial charge in [0.1, 0.15) is 18.5 Å². The Balaban J connectivity index is 1.50. The Labute approximate surface area is 142 Å². The molecule has 4 nitrogen and oxygen atoms in total. The molecule has 1 fully saturated rings. The molecule has 0 amide bonds. The number of benzene rings is 2. The average Bonchev–Trinajstić information content (AvgIpc) is 3.04. The van der Waals surface area contributed by atoms with E-state index in [-0.39, 0.29) is 12.2 Å². The average molecular weight is 326 g/mol. The summed E-state index contributed by atoms with van der Waals surface area (Å²) in [4.78, 5) is 11.0. The van der Waals surface area contributed by atoms with Gasteiger partial charge in [0.05, 0.1) is 25.9 Å². The smallest absolute Gasteiger partial charge is 0.148 e. The van der Waals surface area contributed by atoms with Gasteiger partial charge in [-0.3, -0.25) is 0 Å². The highest BCUT2D eigenvalue weighted by molar-refractivity contribution is 5.56. The van der Waals surface area contributed by atoms with Crippen LogP contribution in [0.15, 0.2) is 60.7 Å². The lowest BCUT2D eigenvalue weighted by Gasteiger charge is -2.19. The molecule has 0 N–H and O–H groups in total. The molecule has 0 bridgehead atoms. The van der Waals surface area contributed by atoms with Crippen molar-refractivity contribution in [1.29, 1.82) is 0 Å². The third kappa shape index (κ3) is 4.74. The zero-order valence-corrected chi connectivity index (χ0v) is 13.5. The van der Waals surface area contributed by atoms with Crippen LogP contribution in [-0.2, 0) is 32.2 Å². The molecule has 0 spiro atoms. The van der Waals surface area contributed by atoms with E-state index in [0.717, 1.165) is 17.4 Å². The first kappa shape index (κ1) is 16.8. The Kier molecular flexibility index (Phi) is 6.13. The summed E-state index contributed by atoms with van der Waals surface area (Å²) in [5.74, 6) is 0. The lowest BCUT2D eigenvalue weighted by molar-refractivity contribution is -0.120. The fourth-order valence-corrected chi connectivity index (χ4v) is 2.80. The first-order valence-corrected chi connectivity index (χ1v) is 8.23. The fraction of sp³-hybridized carbons (Fsp3) is 0.350. The lowest BCUT2D eigenvalue weighted by atomic mass is 10.1. The summed E-state index contributed by atoms with van der Waals surface area (Å²) >= 11 is 0. The van der Waals surface area contributed by atoms with Gasteiger partial charge < -0.3 is 19.0 Å². The largest absolute Gasteiger partial charge is 0.374 e. The van der Waals surface area contributed by atoms with Gasteiger partial charge in [-0.1, -0.05) is 60.7 Å². The summed E-state index contributed by atoms with van der Waals surface area (Å²) in [6, 6.07) is 20.0. The van der Waals surface area contributed by atoms with E-state index in [2.05, 4.69) is 0 Å². The Morgan fingerprint density at radius 1 is 0.958 bits per heavy atom. The molecule has 4 heteroatoms. The highest BCUT2D eigenvalue weighted by atomic mass is 16.6. The number of aldehydes is 1. The molecular weight excluding hydrogens is 304 g/mol. The maximum Gasteiger partial charge on any atom is 0.148 e. The topological polar surface area (TPSA) is 44.8 Å². The summed E-state index contributed by atoms with van der Waals surface area (Å²) in [6.07, 6.45) is 0.672. The fourth-order valence-electron chi connectivity index (χ4n) is 2.80. The summed E-state index contributed by atoms with van der Waals surface area (Å²) in [6.45, 7) is 1.45. The quantitative estimate of drug-likeness (QED) is 0.699. The van der Waals surface area contributed by atoms with Crippen molar-refractivity contribution in [3.05, 3.63) is 71.8 Å². The molecular formula is C20H22O4. The summed E-state index contributed by atoms with van der Waals surface area (Å²) < 4.78 is 17.5. The monoisotopic (exact) mass is 326 g/mol. The van der Waals surface area contributed by atoms with Gasteiger partial charge in [-0.15, -0.1) is 0 Å². The second-order valence-corrected chi connectivity index (χ2v) is 5.92. The van der Waals surface area contributed by atoms with Crippen LogP contribution in [0.25, 0.3) is 0 Å². The minimum absolute atomic E-state index is 0.129. The van der Waals surface area contributed by atoms with Gasteiger partial charge in [0, 0.05) is 6.42 Å². The Hall–Kier alpha value is -2.01. The van der Waals surface area contributed by atoms with Gasteiger partial charge >= 0.3 is 0 Å². The van der Waals surface area contributed by atoms with Crippen molar-refractivity contribution in [2.75, 3.05) is 6.61 Å². The molecule has 3 rings (SSSR count). The Morgan fingerprint density at radius 3 is 2.21 bits per heavy atom. The van der Waals surface area contributed by atoms with Crippen LogP contribution in [0.3, 0.4) is 0 Å². The van der Waals surface area contributed by atoms with Crippen molar-refractivity contribution in [3.63, 3.8) is 0 Å². The molecule has 0 aromatic heterocycles. The van der Waals surface area contributed by atoms with E-state index in [0.29, 0.717) is 26.2 Å². The van der Waals surface area contributed by atoms with Crippen LogP contribution in [0.5, 0.6) is 0 Å². The van der Waals surface area contributed by atoms with Crippen LogP contribution in [0, 0.1) is 0 Å². The minimum Gasteiger partial charge on any atom is -0.374 e. The number of ether oxygens (including phenoxy) is 3. The second kappa shape index (κ2) is 8.73. The number of carbonyl (C=O) groups is 1. The summed E-state index contributed by atoms with van der Waals surface area (Å²) in [5.41, 5.74) is 2.22. The SMILES string of the molecule is O=CC1C[C@H](OCc2ccccc2)[C@@H](COCc2ccccc2)O1. The van der Waals surface area contributed by atoms with E-state index in [4.69, 9.17) is 14.2 Å². The van der Waals surface area contributed by atoms with Crippen molar-refractivity contribution in [1.82, 2.24) is 0 Å². The second-order valence-electron chi connectivity index (χ2n) is 5.92. The predicted octanol–water partition coefficient (Wildman–Crippen LogP) is 3.15. The molecule has 126 valence electrons. The van der Waals surface area contributed by atoms with Gasteiger partial charge in [0.25, 0.3) is 0 Å². The van der Waals surface area contributed by atoms with Crippen molar-refractivity contribution in [3.8, 4) is 0 Å². The molecule has 0 aliphatic carbocycles. The molecule has 1 saturated heterocycles. The first-order valence-electron chi connectivity index (χ1n) is 8.23. The molecule has 3 atom stereocenters. The van der Waals surface area contributed by atoms with Crippen LogP contribution < -0.4 is 0 Å². The van der Waals surface area contributed by atoms with Crippen LogP contribution in [0.1, 0.15) is 17.5 Å². The third-order valence-electron chi connectivity index (χ3n) is 4.08. The van der Waals surface area contributed by atoms with Crippen molar-refractivity contribution >= 4 is 6.29 Å². The van der Waals surface area contributed by atoms with Crippen LogP contribution in [-0.4, -0.2) is 31.2 Å².